The van der Waals surface area contributed by atoms with E-state index in [0.29, 0.717) is 22.6 Å². The minimum Gasteiger partial charge on any atom is -0.321 e. The molecule has 0 heterocycles. The highest BCUT2D eigenvalue weighted by Gasteiger charge is 2.15. The van der Waals surface area contributed by atoms with Gasteiger partial charge in [0.15, 0.2) is 5.78 Å². The first-order valence-electron chi connectivity index (χ1n) is 13.5. The Bertz CT molecular complexity index is 1740. The summed E-state index contributed by atoms with van der Waals surface area (Å²) in [6, 6.07) is 41.1. The molecule has 2 N–H and O–H groups in total. The number of hydrogen-bond donors (Lipinski definition) is 2. The minimum atomic E-state index is -0.457. The summed E-state index contributed by atoms with van der Waals surface area (Å²) in [5, 5.41) is 5.61. The summed E-state index contributed by atoms with van der Waals surface area (Å²) in [6.07, 6.45) is 1.63. The van der Waals surface area contributed by atoms with E-state index < -0.39 is 5.91 Å². The first-order valence-corrected chi connectivity index (χ1v) is 15.3. The highest BCUT2D eigenvalue weighted by molar-refractivity contribution is 9.10. The molecule has 0 saturated carbocycles. The molecule has 0 aromatic heterocycles. The Morgan fingerprint density at radius 3 is 1.91 bits per heavy atom. The maximum atomic E-state index is 13.3. The molecule has 0 spiro atoms. The standard InChI is InChI=1S/C36H27BrN2O3S/c37-30-17-11-25(12-18-30)23-33(39-35(41)29-9-5-2-6-10-29)36(42)38-31-19-21-32(22-20-31)43-24-34(40)28-15-13-27(14-16-28)26-7-3-1-4-8-26/h1-23H,24H2,(H,38,42)(H,39,41)/b33-23-. The molecule has 0 aliphatic heterocycles. The minimum absolute atomic E-state index is 0.0406. The van der Waals surface area contributed by atoms with Crippen LogP contribution in [0.25, 0.3) is 17.2 Å². The average molecular weight is 648 g/mol. The topological polar surface area (TPSA) is 75.3 Å². The van der Waals surface area contributed by atoms with Crippen LogP contribution in [0.3, 0.4) is 0 Å². The third-order valence-corrected chi connectivity index (χ3v) is 8.05. The molecule has 0 fully saturated rings. The van der Waals surface area contributed by atoms with Crippen LogP contribution in [0.4, 0.5) is 5.69 Å². The summed E-state index contributed by atoms with van der Waals surface area (Å²) >= 11 is 4.85. The van der Waals surface area contributed by atoms with Gasteiger partial charge < -0.3 is 10.6 Å². The van der Waals surface area contributed by atoms with E-state index in [2.05, 4.69) is 26.6 Å². The van der Waals surface area contributed by atoms with Crippen molar-refractivity contribution in [3.8, 4) is 11.1 Å². The van der Waals surface area contributed by atoms with Gasteiger partial charge in [0.2, 0.25) is 0 Å². The zero-order valence-electron chi connectivity index (χ0n) is 23.0. The van der Waals surface area contributed by atoms with Gasteiger partial charge in [0.25, 0.3) is 11.8 Å². The number of anilines is 1. The van der Waals surface area contributed by atoms with E-state index in [-0.39, 0.29) is 17.4 Å². The summed E-state index contributed by atoms with van der Waals surface area (Å²) < 4.78 is 0.907. The van der Waals surface area contributed by atoms with Crippen molar-refractivity contribution in [1.29, 1.82) is 0 Å². The van der Waals surface area contributed by atoms with Gasteiger partial charge in [-0.3, -0.25) is 14.4 Å². The van der Waals surface area contributed by atoms with Crippen LogP contribution in [0.15, 0.2) is 149 Å². The van der Waals surface area contributed by atoms with Gasteiger partial charge in [0, 0.05) is 26.2 Å². The van der Waals surface area contributed by atoms with Crippen molar-refractivity contribution < 1.29 is 14.4 Å². The van der Waals surface area contributed by atoms with Gasteiger partial charge in [-0.15, -0.1) is 11.8 Å². The van der Waals surface area contributed by atoms with Gasteiger partial charge >= 0.3 is 0 Å². The number of ketones is 1. The van der Waals surface area contributed by atoms with Crippen LogP contribution in [-0.2, 0) is 4.79 Å². The summed E-state index contributed by atoms with van der Waals surface area (Å²) in [5.41, 5.74) is 4.72. The normalized spacial score (nSPS) is 11.0. The van der Waals surface area contributed by atoms with Crippen molar-refractivity contribution in [1.82, 2.24) is 5.32 Å². The maximum absolute atomic E-state index is 13.3. The number of Topliss-reactive ketones (excluding diaryl/α,β-unsaturated/α-hetero) is 1. The Morgan fingerprint density at radius 2 is 1.26 bits per heavy atom. The SMILES string of the molecule is O=C(Nc1ccc(SCC(=O)c2ccc(-c3ccccc3)cc2)cc1)/C(=C/c1ccc(Br)cc1)NC(=O)c1ccccc1. The van der Waals surface area contributed by atoms with E-state index in [0.717, 1.165) is 26.1 Å². The van der Waals surface area contributed by atoms with Crippen LogP contribution in [0.1, 0.15) is 26.3 Å². The number of rotatable bonds is 10. The van der Waals surface area contributed by atoms with Crippen molar-refractivity contribution in [2.45, 2.75) is 4.90 Å². The van der Waals surface area contributed by atoms with E-state index in [4.69, 9.17) is 0 Å². The van der Waals surface area contributed by atoms with E-state index in [1.807, 2.05) is 97.1 Å². The van der Waals surface area contributed by atoms with Gasteiger partial charge in [-0.25, -0.2) is 0 Å². The van der Waals surface area contributed by atoms with Crippen LogP contribution in [0.2, 0.25) is 0 Å². The Hall–Kier alpha value is -4.72. The lowest BCUT2D eigenvalue weighted by Crippen LogP contribution is -2.30. The molecule has 5 nitrogen and oxygen atoms in total. The molecule has 43 heavy (non-hydrogen) atoms. The smallest absolute Gasteiger partial charge is 0.272 e. The number of nitrogens with one attached hydrogen (secondary N) is 2. The van der Waals surface area contributed by atoms with Crippen molar-refractivity contribution >= 4 is 57.1 Å². The molecule has 0 unspecified atom stereocenters. The third kappa shape index (κ3) is 8.41. The number of carbonyl (C=O) groups excluding carboxylic acids is 3. The lowest BCUT2D eigenvalue weighted by molar-refractivity contribution is -0.113. The molecule has 0 radical (unpaired) electrons. The van der Waals surface area contributed by atoms with E-state index in [1.54, 1.807) is 42.5 Å². The summed E-state index contributed by atoms with van der Waals surface area (Å²) in [5.74, 6) is -0.507. The Kier molecular flexibility index (Phi) is 10.00. The second-order valence-corrected chi connectivity index (χ2v) is 11.5. The van der Waals surface area contributed by atoms with Crippen LogP contribution in [0.5, 0.6) is 0 Å². The number of benzene rings is 5. The van der Waals surface area contributed by atoms with E-state index in [9.17, 15) is 14.4 Å². The Labute approximate surface area is 263 Å². The molecular weight excluding hydrogens is 620 g/mol. The van der Waals surface area contributed by atoms with Crippen molar-refractivity contribution in [3.05, 3.63) is 160 Å². The third-order valence-electron chi connectivity index (χ3n) is 6.51. The van der Waals surface area contributed by atoms with E-state index >= 15 is 0 Å². The van der Waals surface area contributed by atoms with Gasteiger partial charge in [0.05, 0.1) is 5.75 Å². The fourth-order valence-corrected chi connectivity index (χ4v) is 5.27. The predicted molar refractivity (Wildman–Crippen MR) is 178 cm³/mol. The lowest BCUT2D eigenvalue weighted by atomic mass is 10.0. The molecule has 0 bridgehead atoms. The fraction of sp³-hybridized carbons (Fsp3) is 0.0278. The molecule has 0 aliphatic carbocycles. The first kappa shape index (κ1) is 29.8. The average Bonchev–Trinajstić information content (AvgIpc) is 3.05. The largest absolute Gasteiger partial charge is 0.321 e. The molecule has 5 aromatic carbocycles. The van der Waals surface area contributed by atoms with Crippen LogP contribution < -0.4 is 10.6 Å². The highest BCUT2D eigenvalue weighted by atomic mass is 79.9. The van der Waals surface area contributed by atoms with Crippen molar-refractivity contribution in [2.24, 2.45) is 0 Å². The molecule has 7 heteroatoms. The number of thioether (sulfide) groups is 1. The molecule has 0 atom stereocenters. The Balaban J connectivity index is 1.21. The molecule has 2 amide bonds. The first-order chi connectivity index (χ1) is 20.9. The number of amides is 2. The maximum Gasteiger partial charge on any atom is 0.272 e. The molecule has 5 rings (SSSR count). The predicted octanol–water partition coefficient (Wildman–Crippen LogP) is 8.50. The highest BCUT2D eigenvalue weighted by Crippen LogP contribution is 2.24. The molecular formula is C36H27BrN2O3S. The second-order valence-electron chi connectivity index (χ2n) is 9.56. The summed E-state index contributed by atoms with van der Waals surface area (Å²) in [4.78, 5) is 39.8. The summed E-state index contributed by atoms with van der Waals surface area (Å²) in [6.45, 7) is 0. The van der Waals surface area contributed by atoms with Gasteiger partial charge in [0.1, 0.15) is 5.70 Å². The number of hydrogen-bond acceptors (Lipinski definition) is 4. The lowest BCUT2D eigenvalue weighted by Gasteiger charge is -2.12. The number of carbonyl (C=O) groups is 3. The van der Waals surface area contributed by atoms with Crippen molar-refractivity contribution in [3.63, 3.8) is 0 Å². The van der Waals surface area contributed by atoms with Gasteiger partial charge in [-0.05, 0) is 71.3 Å². The van der Waals surface area contributed by atoms with Gasteiger partial charge in [-0.2, -0.15) is 0 Å². The quantitative estimate of drug-likeness (QED) is 0.0906. The fourth-order valence-electron chi connectivity index (χ4n) is 4.21. The van der Waals surface area contributed by atoms with Crippen LogP contribution in [0, 0.1) is 0 Å². The molecule has 0 saturated heterocycles. The van der Waals surface area contributed by atoms with E-state index in [1.165, 1.54) is 11.8 Å². The zero-order chi connectivity index (χ0) is 30.0. The monoisotopic (exact) mass is 646 g/mol. The summed E-state index contributed by atoms with van der Waals surface area (Å²) in [7, 11) is 0. The van der Waals surface area contributed by atoms with Crippen molar-refractivity contribution in [2.75, 3.05) is 11.1 Å². The molecule has 0 aliphatic rings. The van der Waals surface area contributed by atoms with Gasteiger partial charge in [-0.1, -0.05) is 101 Å². The zero-order valence-corrected chi connectivity index (χ0v) is 25.4. The Morgan fingerprint density at radius 1 is 0.651 bits per heavy atom. The van der Waals surface area contributed by atoms with Crippen LogP contribution >= 0.6 is 27.7 Å². The number of halogens is 1. The molecule has 5 aromatic rings. The van der Waals surface area contributed by atoms with Crippen LogP contribution in [-0.4, -0.2) is 23.4 Å². The second kappa shape index (κ2) is 14.4. The molecule has 212 valence electrons.